The topological polar surface area (TPSA) is 72.6 Å². The lowest BCUT2D eigenvalue weighted by molar-refractivity contribution is -0.122. The molecule has 0 radical (unpaired) electrons. The van der Waals surface area contributed by atoms with E-state index in [0.29, 0.717) is 27.9 Å². The normalized spacial score (nSPS) is 18.7. The first kappa shape index (κ1) is 24.5. The maximum Gasteiger partial charge on any atom is 0.270 e. The predicted molar refractivity (Wildman–Crippen MR) is 135 cm³/mol. The summed E-state index contributed by atoms with van der Waals surface area (Å²) in [6.07, 6.45) is 4.50. The summed E-state index contributed by atoms with van der Waals surface area (Å²) in [4.78, 5) is 33.0. The van der Waals surface area contributed by atoms with E-state index in [1.165, 1.54) is 11.8 Å². The summed E-state index contributed by atoms with van der Waals surface area (Å²) in [7, 11) is 2.09. The van der Waals surface area contributed by atoms with Crippen LogP contribution in [0.5, 0.6) is 0 Å². The molecule has 2 aliphatic heterocycles. The van der Waals surface area contributed by atoms with Crippen LogP contribution in [-0.4, -0.2) is 64.4 Å². The third kappa shape index (κ3) is 4.77. The first-order chi connectivity index (χ1) is 15.3. The van der Waals surface area contributed by atoms with Crippen molar-refractivity contribution in [3.63, 3.8) is 0 Å². The van der Waals surface area contributed by atoms with E-state index in [1.807, 2.05) is 13.0 Å². The van der Waals surface area contributed by atoms with Gasteiger partial charge in [-0.2, -0.15) is 5.26 Å². The fourth-order valence-corrected chi connectivity index (χ4v) is 5.36. The highest BCUT2D eigenvalue weighted by Crippen LogP contribution is 2.36. The number of unbranched alkanes of at least 4 members (excludes halogenated alkanes) is 1. The molecule has 2 fully saturated rings. The first-order valence-electron chi connectivity index (χ1n) is 11.2. The standard InChI is InChI=1S/C23H31N5O2S2/c1-5-7-9-28-22(30)19(32-23(28)31)14-17-16(3)18(15-24)21(29)27(8-6-2)20(17)26-12-10-25(4)11-13-26/h14H,5-13H2,1-4H3/b19-14+. The Morgan fingerprint density at radius 2 is 1.81 bits per heavy atom. The zero-order valence-electron chi connectivity index (χ0n) is 19.3. The number of hydrogen-bond acceptors (Lipinski definition) is 7. The number of anilines is 1. The largest absolute Gasteiger partial charge is 0.355 e. The molecule has 2 aliphatic rings. The Morgan fingerprint density at radius 1 is 1.12 bits per heavy atom. The average Bonchev–Trinajstić information content (AvgIpc) is 3.04. The van der Waals surface area contributed by atoms with Crippen molar-refractivity contribution in [2.24, 2.45) is 0 Å². The number of carbonyl (C=O) groups is 1. The third-order valence-electron chi connectivity index (χ3n) is 5.98. The fraction of sp³-hybridized carbons (Fsp3) is 0.565. The van der Waals surface area contributed by atoms with Crippen molar-refractivity contribution in [3.05, 3.63) is 31.9 Å². The first-order valence-corrected chi connectivity index (χ1v) is 12.4. The van der Waals surface area contributed by atoms with Crippen LogP contribution in [0.15, 0.2) is 9.70 Å². The number of nitriles is 1. The summed E-state index contributed by atoms with van der Waals surface area (Å²) in [5.74, 6) is 0.712. The molecular formula is C23H31N5O2S2. The fourth-order valence-electron chi connectivity index (χ4n) is 4.07. The number of rotatable bonds is 7. The Hall–Kier alpha value is -2.15. The van der Waals surface area contributed by atoms with E-state index in [4.69, 9.17) is 12.2 Å². The third-order valence-corrected chi connectivity index (χ3v) is 7.36. The van der Waals surface area contributed by atoms with E-state index in [9.17, 15) is 14.9 Å². The van der Waals surface area contributed by atoms with Crippen molar-refractivity contribution in [1.29, 1.82) is 5.26 Å². The lowest BCUT2D eigenvalue weighted by Gasteiger charge is -2.36. The van der Waals surface area contributed by atoms with Gasteiger partial charge in [-0.25, -0.2) is 0 Å². The molecule has 1 aromatic rings. The van der Waals surface area contributed by atoms with E-state index in [0.717, 1.165) is 56.8 Å². The molecule has 0 atom stereocenters. The van der Waals surface area contributed by atoms with Gasteiger partial charge in [0.15, 0.2) is 0 Å². The number of piperazine rings is 1. The molecule has 0 unspecified atom stereocenters. The molecule has 2 saturated heterocycles. The Labute approximate surface area is 199 Å². The number of thiocarbonyl (C=S) groups is 1. The van der Waals surface area contributed by atoms with Crippen molar-refractivity contribution in [2.45, 2.75) is 46.6 Å². The number of likely N-dealkylation sites (N-methyl/N-ethyl adjacent to an activating group) is 1. The van der Waals surface area contributed by atoms with Gasteiger partial charge in [0.2, 0.25) is 0 Å². The quantitative estimate of drug-likeness (QED) is 0.445. The molecule has 0 aliphatic carbocycles. The summed E-state index contributed by atoms with van der Waals surface area (Å²) < 4.78 is 2.29. The lowest BCUT2D eigenvalue weighted by atomic mass is 10.0. The van der Waals surface area contributed by atoms with Crippen LogP contribution in [0.25, 0.3) is 6.08 Å². The number of carbonyl (C=O) groups excluding carboxylic acids is 1. The summed E-state index contributed by atoms with van der Waals surface area (Å²) in [5.41, 5.74) is 1.28. The summed E-state index contributed by atoms with van der Waals surface area (Å²) in [6.45, 7) is 10.4. The Balaban J connectivity index is 2.18. The molecule has 9 heteroatoms. The highest BCUT2D eigenvalue weighted by atomic mass is 32.2. The smallest absolute Gasteiger partial charge is 0.270 e. The number of amides is 1. The second-order valence-corrected chi connectivity index (χ2v) is 9.96. The number of nitrogens with zero attached hydrogens (tertiary/aromatic N) is 5. The zero-order valence-corrected chi connectivity index (χ0v) is 20.9. The molecule has 0 bridgehead atoms. The van der Waals surface area contributed by atoms with Gasteiger partial charge in [-0.1, -0.05) is 44.2 Å². The van der Waals surface area contributed by atoms with Crippen LogP contribution >= 0.6 is 24.0 Å². The van der Waals surface area contributed by atoms with Crippen LogP contribution in [0.4, 0.5) is 5.82 Å². The van der Waals surface area contributed by atoms with Gasteiger partial charge in [0.05, 0.1) is 4.91 Å². The van der Waals surface area contributed by atoms with Crippen molar-refractivity contribution >= 4 is 46.1 Å². The minimum atomic E-state index is -0.256. The van der Waals surface area contributed by atoms with Crippen LogP contribution in [0.2, 0.25) is 0 Å². The molecule has 0 spiro atoms. The molecule has 1 aromatic heterocycles. The average molecular weight is 474 g/mol. The number of aromatic nitrogens is 1. The lowest BCUT2D eigenvalue weighted by Crippen LogP contribution is -2.47. The molecule has 32 heavy (non-hydrogen) atoms. The molecule has 7 nitrogen and oxygen atoms in total. The van der Waals surface area contributed by atoms with Gasteiger partial charge in [-0.05, 0) is 38.5 Å². The van der Waals surface area contributed by atoms with E-state index >= 15 is 0 Å². The SMILES string of the molecule is CCCCN1C(=O)/C(=C\c2c(C)c(C#N)c(=O)n(CCC)c2N2CCN(C)CC2)SC1=S. The molecule has 1 amide bonds. The van der Waals surface area contributed by atoms with Crippen molar-refractivity contribution < 1.29 is 4.79 Å². The second-order valence-electron chi connectivity index (χ2n) is 8.28. The van der Waals surface area contributed by atoms with Gasteiger partial charge in [0.25, 0.3) is 11.5 Å². The summed E-state index contributed by atoms with van der Waals surface area (Å²) >= 11 is 6.77. The minimum absolute atomic E-state index is 0.0936. The van der Waals surface area contributed by atoms with Crippen molar-refractivity contribution in [3.8, 4) is 6.07 Å². The maximum absolute atomic E-state index is 13.2. The summed E-state index contributed by atoms with van der Waals surface area (Å²) in [6, 6.07) is 2.10. The highest BCUT2D eigenvalue weighted by molar-refractivity contribution is 8.26. The molecule has 0 N–H and O–H groups in total. The van der Waals surface area contributed by atoms with E-state index in [1.54, 1.807) is 16.4 Å². The van der Waals surface area contributed by atoms with Crippen LogP contribution in [0, 0.1) is 18.3 Å². The molecule has 0 saturated carbocycles. The van der Waals surface area contributed by atoms with Gasteiger partial charge in [-0.15, -0.1) is 0 Å². The molecule has 0 aromatic carbocycles. The molecule has 3 heterocycles. The predicted octanol–water partition coefficient (Wildman–Crippen LogP) is 3.19. The van der Waals surface area contributed by atoms with Crippen LogP contribution in [0.3, 0.4) is 0 Å². The van der Waals surface area contributed by atoms with Crippen LogP contribution < -0.4 is 10.5 Å². The van der Waals surface area contributed by atoms with Gasteiger partial charge < -0.3 is 9.80 Å². The van der Waals surface area contributed by atoms with Gasteiger partial charge in [-0.3, -0.25) is 19.1 Å². The van der Waals surface area contributed by atoms with Crippen molar-refractivity contribution in [1.82, 2.24) is 14.4 Å². The van der Waals surface area contributed by atoms with Gasteiger partial charge in [0, 0.05) is 44.8 Å². The second kappa shape index (κ2) is 10.6. The van der Waals surface area contributed by atoms with Crippen molar-refractivity contribution in [2.75, 3.05) is 44.7 Å². The van der Waals surface area contributed by atoms with Gasteiger partial charge >= 0.3 is 0 Å². The van der Waals surface area contributed by atoms with E-state index in [2.05, 4.69) is 29.8 Å². The Bertz CT molecular complexity index is 1030. The summed E-state index contributed by atoms with van der Waals surface area (Å²) in [5, 5.41) is 9.74. The monoisotopic (exact) mass is 473 g/mol. The van der Waals surface area contributed by atoms with E-state index < -0.39 is 0 Å². The van der Waals surface area contributed by atoms with Crippen LogP contribution in [0.1, 0.15) is 49.8 Å². The molecule has 172 valence electrons. The maximum atomic E-state index is 13.2. The molecular weight excluding hydrogens is 442 g/mol. The van der Waals surface area contributed by atoms with E-state index in [-0.39, 0.29) is 17.0 Å². The number of pyridine rings is 1. The van der Waals surface area contributed by atoms with Gasteiger partial charge in [0.1, 0.15) is 21.8 Å². The Morgan fingerprint density at radius 3 is 2.41 bits per heavy atom. The highest BCUT2D eigenvalue weighted by Gasteiger charge is 2.33. The Kier molecular flexibility index (Phi) is 8.15. The minimum Gasteiger partial charge on any atom is -0.355 e. The van der Waals surface area contributed by atoms with Crippen LogP contribution in [-0.2, 0) is 11.3 Å². The number of hydrogen-bond donors (Lipinski definition) is 0. The molecule has 3 rings (SSSR count). The zero-order chi connectivity index (χ0) is 23.4. The number of thioether (sulfide) groups is 1.